The van der Waals surface area contributed by atoms with Crippen molar-refractivity contribution in [3.8, 4) is 0 Å². The Kier molecular flexibility index (Phi) is 4.07. The highest BCUT2D eigenvalue weighted by atomic mass is 16.6. The molecule has 96 valence electrons. The highest BCUT2D eigenvalue weighted by molar-refractivity contribution is 6.17. The standard InChI is InChI=1S/C13H20O4/c1-8(14)10(11(15)9-6-5-7-9)12(16)17-13(2,3)4/h9-10H,5-7H2,1-4H3/t10-/m0/s1. The van der Waals surface area contributed by atoms with Crippen LogP contribution in [0.25, 0.3) is 0 Å². The Hall–Kier alpha value is -1.19. The average Bonchev–Trinajstić information content (AvgIpc) is 1.94. The largest absolute Gasteiger partial charge is 0.459 e. The number of carbonyl (C=O) groups excluding carboxylic acids is 3. The number of carbonyl (C=O) groups is 3. The van der Waals surface area contributed by atoms with Gasteiger partial charge in [0.2, 0.25) is 0 Å². The van der Waals surface area contributed by atoms with Gasteiger partial charge in [0.05, 0.1) is 0 Å². The number of hydrogen-bond donors (Lipinski definition) is 0. The fraction of sp³-hybridized carbons (Fsp3) is 0.769. The minimum Gasteiger partial charge on any atom is -0.459 e. The van der Waals surface area contributed by atoms with Gasteiger partial charge in [-0.05, 0) is 40.5 Å². The molecule has 0 N–H and O–H groups in total. The highest BCUT2D eigenvalue weighted by Gasteiger charge is 2.40. The van der Waals surface area contributed by atoms with Crippen molar-refractivity contribution in [3.63, 3.8) is 0 Å². The van der Waals surface area contributed by atoms with Crippen LogP contribution >= 0.6 is 0 Å². The van der Waals surface area contributed by atoms with Crippen molar-refractivity contribution in [2.45, 2.75) is 52.6 Å². The molecular weight excluding hydrogens is 220 g/mol. The lowest BCUT2D eigenvalue weighted by atomic mass is 9.77. The summed E-state index contributed by atoms with van der Waals surface area (Å²) < 4.78 is 5.12. The Balaban J connectivity index is 2.74. The maximum atomic E-state index is 12.0. The van der Waals surface area contributed by atoms with Crippen LogP contribution in [0.2, 0.25) is 0 Å². The third-order valence-electron chi connectivity index (χ3n) is 2.84. The van der Waals surface area contributed by atoms with E-state index >= 15 is 0 Å². The van der Waals surface area contributed by atoms with Crippen molar-refractivity contribution in [3.05, 3.63) is 0 Å². The Labute approximate surface area is 102 Å². The third-order valence-corrected chi connectivity index (χ3v) is 2.84. The molecule has 0 heterocycles. The quantitative estimate of drug-likeness (QED) is 0.556. The molecular formula is C13H20O4. The van der Waals surface area contributed by atoms with Gasteiger partial charge in [-0.1, -0.05) is 6.42 Å². The Bertz CT molecular complexity index is 334. The van der Waals surface area contributed by atoms with Gasteiger partial charge in [-0.2, -0.15) is 0 Å². The summed E-state index contributed by atoms with van der Waals surface area (Å²) in [6.07, 6.45) is 2.56. The molecule has 0 spiro atoms. The molecule has 0 amide bonds. The molecule has 0 aromatic carbocycles. The summed E-state index contributed by atoms with van der Waals surface area (Å²) >= 11 is 0. The average molecular weight is 240 g/mol. The van der Waals surface area contributed by atoms with Crippen LogP contribution in [0.4, 0.5) is 0 Å². The van der Waals surface area contributed by atoms with E-state index in [9.17, 15) is 14.4 Å². The van der Waals surface area contributed by atoms with Crippen molar-refractivity contribution in [1.82, 2.24) is 0 Å². The zero-order chi connectivity index (χ0) is 13.2. The molecule has 17 heavy (non-hydrogen) atoms. The molecule has 4 nitrogen and oxygen atoms in total. The smallest absolute Gasteiger partial charge is 0.324 e. The molecule has 0 aromatic heterocycles. The number of ether oxygens (including phenoxy) is 1. The Morgan fingerprint density at radius 3 is 2.00 bits per heavy atom. The molecule has 1 rings (SSSR count). The lowest BCUT2D eigenvalue weighted by molar-refractivity contribution is -0.164. The van der Waals surface area contributed by atoms with Crippen molar-refractivity contribution in [2.24, 2.45) is 11.8 Å². The molecule has 1 aliphatic rings. The van der Waals surface area contributed by atoms with Crippen LogP contribution in [0, 0.1) is 11.8 Å². The van der Waals surface area contributed by atoms with Crippen molar-refractivity contribution in [1.29, 1.82) is 0 Å². The molecule has 0 radical (unpaired) electrons. The molecule has 1 saturated carbocycles. The number of hydrogen-bond acceptors (Lipinski definition) is 4. The van der Waals surface area contributed by atoms with E-state index in [1.165, 1.54) is 6.92 Å². The maximum absolute atomic E-state index is 12.0. The first-order valence-corrected chi connectivity index (χ1v) is 5.99. The number of rotatable bonds is 4. The van der Waals surface area contributed by atoms with E-state index in [1.54, 1.807) is 20.8 Å². The van der Waals surface area contributed by atoms with Gasteiger partial charge < -0.3 is 4.74 Å². The zero-order valence-electron chi connectivity index (χ0n) is 10.9. The van der Waals surface area contributed by atoms with Crippen LogP contribution in [0.15, 0.2) is 0 Å². The van der Waals surface area contributed by atoms with Crippen molar-refractivity contribution >= 4 is 17.5 Å². The summed E-state index contributed by atoms with van der Waals surface area (Å²) in [6, 6.07) is 0. The van der Waals surface area contributed by atoms with Gasteiger partial charge in [0.1, 0.15) is 5.60 Å². The second-order valence-electron chi connectivity index (χ2n) is 5.61. The van der Waals surface area contributed by atoms with Gasteiger partial charge in [-0.25, -0.2) is 0 Å². The van der Waals surface area contributed by atoms with E-state index < -0.39 is 23.3 Å². The lowest BCUT2D eigenvalue weighted by Gasteiger charge is -2.28. The molecule has 4 heteroatoms. The van der Waals surface area contributed by atoms with E-state index in [0.717, 1.165) is 19.3 Å². The van der Waals surface area contributed by atoms with Gasteiger partial charge in [0.25, 0.3) is 0 Å². The van der Waals surface area contributed by atoms with Gasteiger partial charge in [-0.15, -0.1) is 0 Å². The molecule has 0 aromatic rings. The predicted octanol–water partition coefficient (Wildman–Crippen LogP) is 1.90. The second kappa shape index (κ2) is 4.98. The topological polar surface area (TPSA) is 60.4 Å². The second-order valence-corrected chi connectivity index (χ2v) is 5.61. The van der Waals surface area contributed by atoms with Gasteiger partial charge in [-0.3, -0.25) is 14.4 Å². The molecule has 1 aliphatic carbocycles. The van der Waals surface area contributed by atoms with Crippen molar-refractivity contribution < 1.29 is 19.1 Å². The van der Waals surface area contributed by atoms with Crippen molar-refractivity contribution in [2.75, 3.05) is 0 Å². The molecule has 1 fully saturated rings. The lowest BCUT2D eigenvalue weighted by Crippen LogP contribution is -2.40. The maximum Gasteiger partial charge on any atom is 0.324 e. The highest BCUT2D eigenvalue weighted by Crippen LogP contribution is 2.30. The summed E-state index contributed by atoms with van der Waals surface area (Å²) in [4.78, 5) is 35.2. The van der Waals surface area contributed by atoms with E-state index in [1.807, 2.05) is 0 Å². The minimum atomic E-state index is -1.22. The molecule has 1 atom stereocenters. The summed E-state index contributed by atoms with van der Waals surface area (Å²) in [5.41, 5.74) is -0.676. The zero-order valence-corrected chi connectivity index (χ0v) is 10.9. The molecule has 0 bridgehead atoms. The first-order chi connectivity index (χ1) is 7.72. The van der Waals surface area contributed by atoms with E-state index in [0.29, 0.717) is 0 Å². The van der Waals surface area contributed by atoms with E-state index in [2.05, 4.69) is 0 Å². The summed E-state index contributed by atoms with van der Waals surface area (Å²) in [6.45, 7) is 6.42. The number of Topliss-reactive ketones (excluding diaryl/α,β-unsaturated/α-hetero) is 2. The van der Waals surface area contributed by atoms with Crippen LogP contribution in [0.1, 0.15) is 47.0 Å². The van der Waals surface area contributed by atoms with Crippen LogP contribution in [0.3, 0.4) is 0 Å². The van der Waals surface area contributed by atoms with Gasteiger partial charge in [0.15, 0.2) is 17.5 Å². The number of ketones is 2. The van der Waals surface area contributed by atoms with Crippen LogP contribution in [-0.2, 0) is 19.1 Å². The normalized spacial score (nSPS) is 18.1. The summed E-state index contributed by atoms with van der Waals surface area (Å²) in [5.74, 6) is -2.74. The van der Waals surface area contributed by atoms with Crippen LogP contribution in [0.5, 0.6) is 0 Å². The third kappa shape index (κ3) is 3.65. The first-order valence-electron chi connectivity index (χ1n) is 5.99. The SMILES string of the molecule is CC(=O)[C@H](C(=O)OC(C)(C)C)C(=O)C1CCC1. The minimum absolute atomic E-state index is 0.128. The fourth-order valence-corrected chi connectivity index (χ4v) is 1.77. The monoisotopic (exact) mass is 240 g/mol. The molecule has 0 aliphatic heterocycles. The van der Waals surface area contributed by atoms with Gasteiger partial charge >= 0.3 is 5.97 Å². The first kappa shape index (κ1) is 13.9. The van der Waals surface area contributed by atoms with Crippen LogP contribution in [-0.4, -0.2) is 23.1 Å². The fourth-order valence-electron chi connectivity index (χ4n) is 1.77. The number of esters is 1. The van der Waals surface area contributed by atoms with E-state index in [4.69, 9.17) is 4.74 Å². The Morgan fingerprint density at radius 1 is 1.18 bits per heavy atom. The Morgan fingerprint density at radius 2 is 1.71 bits per heavy atom. The van der Waals surface area contributed by atoms with Gasteiger partial charge in [0, 0.05) is 5.92 Å². The van der Waals surface area contributed by atoms with E-state index in [-0.39, 0.29) is 11.7 Å². The molecule has 0 saturated heterocycles. The molecule has 0 unspecified atom stereocenters. The van der Waals surface area contributed by atoms with Crippen LogP contribution < -0.4 is 0 Å². The predicted molar refractivity (Wildman–Crippen MR) is 62.4 cm³/mol. The summed E-state index contributed by atoms with van der Waals surface area (Å²) in [7, 11) is 0. The summed E-state index contributed by atoms with van der Waals surface area (Å²) in [5, 5.41) is 0.